The van der Waals surface area contributed by atoms with Crippen LogP contribution in [0.3, 0.4) is 0 Å². The van der Waals surface area contributed by atoms with E-state index in [4.69, 9.17) is 5.11 Å². The molecule has 1 rings (SSSR count). The van der Waals surface area contributed by atoms with Gasteiger partial charge in [0, 0.05) is 16.8 Å². The van der Waals surface area contributed by atoms with E-state index in [0.29, 0.717) is 10.6 Å². The van der Waals surface area contributed by atoms with E-state index < -0.39 is 11.4 Å². The van der Waals surface area contributed by atoms with E-state index in [2.05, 4.69) is 10.6 Å². The third-order valence-electron chi connectivity index (χ3n) is 2.91. The molecule has 2 amide bonds. The molecule has 0 aromatic carbocycles. The molecular weight excluding hydrogens is 304 g/mol. The number of amides is 2. The van der Waals surface area contributed by atoms with Crippen LogP contribution >= 0.6 is 11.3 Å². The van der Waals surface area contributed by atoms with Crippen LogP contribution in [0.15, 0.2) is 6.07 Å². The first-order chi connectivity index (χ1) is 10.1. The minimum Gasteiger partial charge on any atom is -0.481 e. The summed E-state index contributed by atoms with van der Waals surface area (Å²) < 4.78 is 0. The van der Waals surface area contributed by atoms with Gasteiger partial charge < -0.3 is 15.7 Å². The van der Waals surface area contributed by atoms with Crippen molar-refractivity contribution >= 4 is 34.1 Å². The summed E-state index contributed by atoms with van der Waals surface area (Å²) in [5.74, 6) is -1.51. The van der Waals surface area contributed by atoms with Gasteiger partial charge in [-0.3, -0.25) is 14.4 Å². The average Bonchev–Trinajstić information content (AvgIpc) is 2.80. The third kappa shape index (κ3) is 5.14. The predicted octanol–water partition coefficient (Wildman–Crippen LogP) is 2.50. The van der Waals surface area contributed by atoms with Crippen molar-refractivity contribution in [2.45, 2.75) is 40.5 Å². The summed E-state index contributed by atoms with van der Waals surface area (Å²) in [7, 11) is 0. The van der Waals surface area contributed by atoms with E-state index in [9.17, 15) is 14.4 Å². The molecule has 0 fully saturated rings. The summed E-state index contributed by atoms with van der Waals surface area (Å²) in [4.78, 5) is 35.7. The van der Waals surface area contributed by atoms with Gasteiger partial charge in [-0.1, -0.05) is 27.7 Å². The van der Waals surface area contributed by atoms with E-state index in [1.165, 1.54) is 11.3 Å². The molecule has 1 aromatic heterocycles. The van der Waals surface area contributed by atoms with Gasteiger partial charge in [0.15, 0.2) is 0 Å². The van der Waals surface area contributed by atoms with E-state index >= 15 is 0 Å². The Labute approximate surface area is 133 Å². The topological polar surface area (TPSA) is 95.5 Å². The molecule has 0 unspecified atom stereocenters. The molecule has 0 atom stereocenters. The number of aliphatic carboxylic acids is 1. The van der Waals surface area contributed by atoms with Gasteiger partial charge in [-0.05, 0) is 12.5 Å². The Hall–Kier alpha value is -1.89. The second-order valence-electron chi connectivity index (χ2n) is 5.91. The van der Waals surface area contributed by atoms with Crippen LogP contribution in [0.5, 0.6) is 0 Å². The Morgan fingerprint density at radius 1 is 1.27 bits per heavy atom. The molecule has 0 aliphatic heterocycles. The zero-order valence-electron chi connectivity index (χ0n) is 13.3. The lowest BCUT2D eigenvalue weighted by atomic mass is 9.96. The van der Waals surface area contributed by atoms with E-state index in [0.717, 1.165) is 11.3 Å². The van der Waals surface area contributed by atoms with Crippen molar-refractivity contribution in [1.29, 1.82) is 0 Å². The SMILES string of the molecule is CCc1cc(C(=O)NCCC(=O)O)c(NC(=O)C(C)(C)C)s1. The summed E-state index contributed by atoms with van der Waals surface area (Å²) in [6.45, 7) is 7.40. The monoisotopic (exact) mass is 326 g/mol. The zero-order valence-corrected chi connectivity index (χ0v) is 14.1. The third-order valence-corrected chi connectivity index (χ3v) is 4.10. The smallest absolute Gasteiger partial charge is 0.305 e. The first-order valence-electron chi connectivity index (χ1n) is 7.09. The zero-order chi connectivity index (χ0) is 16.9. The molecule has 0 bridgehead atoms. The molecule has 0 radical (unpaired) electrons. The predicted molar refractivity (Wildman–Crippen MR) is 86.4 cm³/mol. The van der Waals surface area contributed by atoms with Crippen molar-refractivity contribution in [3.05, 3.63) is 16.5 Å². The first kappa shape index (κ1) is 18.2. The molecule has 0 saturated heterocycles. The molecule has 0 saturated carbocycles. The standard InChI is InChI=1S/C15H22N2O4S/c1-5-9-8-10(12(20)16-7-6-11(18)19)13(22-9)17-14(21)15(2,3)4/h8H,5-7H2,1-4H3,(H,16,20)(H,17,21)(H,18,19). The fraction of sp³-hybridized carbons (Fsp3) is 0.533. The van der Waals surface area contributed by atoms with Crippen LogP contribution in [0.25, 0.3) is 0 Å². The van der Waals surface area contributed by atoms with Crippen molar-refractivity contribution in [2.24, 2.45) is 5.41 Å². The normalized spacial score (nSPS) is 11.1. The highest BCUT2D eigenvalue weighted by Gasteiger charge is 2.24. The van der Waals surface area contributed by atoms with Gasteiger partial charge in [-0.2, -0.15) is 0 Å². The van der Waals surface area contributed by atoms with E-state index in [-0.39, 0.29) is 24.8 Å². The molecule has 3 N–H and O–H groups in total. The number of anilines is 1. The molecule has 22 heavy (non-hydrogen) atoms. The summed E-state index contributed by atoms with van der Waals surface area (Å²) in [5.41, 5.74) is -0.183. The summed E-state index contributed by atoms with van der Waals surface area (Å²) in [5, 5.41) is 14.4. The number of rotatable bonds is 6. The van der Waals surface area contributed by atoms with Crippen molar-refractivity contribution in [1.82, 2.24) is 5.32 Å². The number of aryl methyl sites for hydroxylation is 1. The quantitative estimate of drug-likeness (QED) is 0.748. The van der Waals surface area contributed by atoms with Gasteiger partial charge in [0.25, 0.3) is 5.91 Å². The molecule has 0 aliphatic carbocycles. The summed E-state index contributed by atoms with van der Waals surface area (Å²) in [6, 6.07) is 1.74. The lowest BCUT2D eigenvalue weighted by Gasteiger charge is -2.17. The molecule has 0 spiro atoms. The largest absolute Gasteiger partial charge is 0.481 e. The Bertz CT molecular complexity index is 573. The van der Waals surface area contributed by atoms with Crippen LogP contribution in [0, 0.1) is 5.41 Å². The highest BCUT2D eigenvalue weighted by Crippen LogP contribution is 2.30. The number of nitrogens with one attached hydrogen (secondary N) is 2. The van der Waals surface area contributed by atoms with Crippen molar-refractivity contribution in [3.63, 3.8) is 0 Å². The van der Waals surface area contributed by atoms with Crippen LogP contribution < -0.4 is 10.6 Å². The number of carbonyl (C=O) groups is 3. The highest BCUT2D eigenvalue weighted by atomic mass is 32.1. The fourth-order valence-corrected chi connectivity index (χ4v) is 2.54. The maximum absolute atomic E-state index is 12.2. The number of carbonyl (C=O) groups excluding carboxylic acids is 2. The number of carboxylic acid groups (broad SMARTS) is 1. The molecule has 1 aromatic rings. The van der Waals surface area contributed by atoms with Gasteiger partial charge >= 0.3 is 5.97 Å². The van der Waals surface area contributed by atoms with Gasteiger partial charge in [0.1, 0.15) is 5.00 Å². The fourth-order valence-electron chi connectivity index (χ4n) is 1.55. The Balaban J connectivity index is 2.89. The van der Waals surface area contributed by atoms with Crippen LogP contribution in [-0.4, -0.2) is 29.4 Å². The molecule has 1 heterocycles. The summed E-state index contributed by atoms with van der Waals surface area (Å²) in [6.07, 6.45) is 0.617. The lowest BCUT2D eigenvalue weighted by Crippen LogP contribution is -2.30. The molecule has 7 heteroatoms. The van der Waals surface area contributed by atoms with Gasteiger partial charge in [-0.15, -0.1) is 11.3 Å². The van der Waals surface area contributed by atoms with Crippen LogP contribution in [0.1, 0.15) is 49.4 Å². The van der Waals surface area contributed by atoms with Crippen LogP contribution in [0.2, 0.25) is 0 Å². The number of hydrogen-bond donors (Lipinski definition) is 3. The van der Waals surface area contributed by atoms with Crippen LogP contribution in [-0.2, 0) is 16.0 Å². The second-order valence-corrected chi connectivity index (χ2v) is 7.05. The first-order valence-corrected chi connectivity index (χ1v) is 7.91. The van der Waals surface area contributed by atoms with Crippen LogP contribution in [0.4, 0.5) is 5.00 Å². The molecular formula is C15H22N2O4S. The number of carboxylic acids is 1. The Kier molecular flexibility index (Phi) is 6.11. The van der Waals surface area contributed by atoms with Gasteiger partial charge in [0.05, 0.1) is 12.0 Å². The molecule has 6 nitrogen and oxygen atoms in total. The van der Waals surface area contributed by atoms with Gasteiger partial charge in [0.2, 0.25) is 5.91 Å². The Morgan fingerprint density at radius 2 is 1.91 bits per heavy atom. The lowest BCUT2D eigenvalue weighted by molar-refractivity contribution is -0.136. The average molecular weight is 326 g/mol. The minimum atomic E-state index is -0.971. The maximum atomic E-state index is 12.2. The van der Waals surface area contributed by atoms with Crippen molar-refractivity contribution < 1.29 is 19.5 Å². The molecule has 0 aliphatic rings. The summed E-state index contributed by atoms with van der Waals surface area (Å²) >= 11 is 1.36. The van der Waals surface area contributed by atoms with E-state index in [1.54, 1.807) is 26.8 Å². The maximum Gasteiger partial charge on any atom is 0.305 e. The highest BCUT2D eigenvalue weighted by molar-refractivity contribution is 7.16. The Morgan fingerprint density at radius 3 is 2.41 bits per heavy atom. The number of hydrogen-bond acceptors (Lipinski definition) is 4. The minimum absolute atomic E-state index is 0.0537. The van der Waals surface area contributed by atoms with E-state index in [1.807, 2.05) is 6.92 Å². The number of thiophene rings is 1. The van der Waals surface area contributed by atoms with Crippen molar-refractivity contribution in [3.8, 4) is 0 Å². The molecule has 122 valence electrons. The second kappa shape index (κ2) is 7.40. The van der Waals surface area contributed by atoms with Gasteiger partial charge in [-0.25, -0.2) is 0 Å². The van der Waals surface area contributed by atoms with Crippen molar-refractivity contribution in [2.75, 3.05) is 11.9 Å².